The van der Waals surface area contributed by atoms with Crippen LogP contribution in [0.2, 0.25) is 0 Å². The summed E-state index contributed by atoms with van der Waals surface area (Å²) in [5.41, 5.74) is 1.78. The Morgan fingerprint density at radius 2 is 1.63 bits per heavy atom. The number of hydrogen-bond acceptors (Lipinski definition) is 1. The molecule has 4 aliphatic carbocycles. The van der Waals surface area contributed by atoms with Crippen LogP contribution in [0.5, 0.6) is 0 Å². The summed E-state index contributed by atoms with van der Waals surface area (Å²) in [6.07, 6.45) is 6.11. The van der Waals surface area contributed by atoms with Crippen molar-refractivity contribution < 1.29 is 18.3 Å². The van der Waals surface area contributed by atoms with Crippen LogP contribution < -0.4 is 0 Å². The van der Waals surface area contributed by atoms with Crippen LogP contribution in [0.3, 0.4) is 0 Å². The Hall–Kier alpha value is -0.510. The van der Waals surface area contributed by atoms with Gasteiger partial charge in [-0.1, -0.05) is 53.2 Å². The molecular weight excluding hydrogens is 385 g/mol. The highest BCUT2D eigenvalue weighted by atomic mass is 19.4. The highest BCUT2D eigenvalue weighted by molar-refractivity contribution is 5.25. The van der Waals surface area contributed by atoms with Gasteiger partial charge in [0.05, 0.1) is 6.10 Å². The van der Waals surface area contributed by atoms with Gasteiger partial charge in [-0.25, -0.2) is 0 Å². The van der Waals surface area contributed by atoms with E-state index in [1.54, 1.807) is 0 Å². The minimum absolute atomic E-state index is 0.0995. The monoisotopic (exact) mass is 430 g/mol. The van der Waals surface area contributed by atoms with Gasteiger partial charge in [0.15, 0.2) is 0 Å². The molecule has 3 fully saturated rings. The highest BCUT2D eigenvalue weighted by Gasteiger charge is 2.58. The first-order valence-corrected chi connectivity index (χ1v) is 12.6. The van der Waals surface area contributed by atoms with Gasteiger partial charge >= 0.3 is 6.18 Å². The lowest BCUT2D eigenvalue weighted by molar-refractivity contribution is -0.141. The molecule has 0 aliphatic heterocycles. The molecule has 4 aliphatic rings. The van der Waals surface area contributed by atoms with Gasteiger partial charge in [-0.05, 0) is 92.3 Å². The molecule has 30 heavy (non-hydrogen) atoms. The molecule has 0 saturated heterocycles. The average Bonchev–Trinajstić information content (AvgIpc) is 3.06. The Bertz CT molecular complexity index is 583. The zero-order chi connectivity index (χ0) is 22.7. The number of halogens is 3. The summed E-state index contributed by atoms with van der Waals surface area (Å²) < 4.78 is 38.3. The highest BCUT2D eigenvalue weighted by Crippen LogP contribution is 2.66. The van der Waals surface area contributed by atoms with Crippen molar-refractivity contribution in [2.75, 3.05) is 0 Å². The second kappa shape index (κ2) is 9.96. The molecule has 0 radical (unpaired) electrons. The number of allylic oxidation sites excluding steroid dienone is 1. The first-order chi connectivity index (χ1) is 14.1. The minimum Gasteiger partial charge on any atom is -0.393 e. The van der Waals surface area contributed by atoms with Crippen molar-refractivity contribution in [3.63, 3.8) is 0 Å². The van der Waals surface area contributed by atoms with Gasteiger partial charge in [0.1, 0.15) is 0 Å². The third kappa shape index (κ3) is 4.79. The first-order valence-electron chi connectivity index (χ1n) is 12.6. The summed E-state index contributed by atoms with van der Waals surface area (Å²) in [7, 11) is 0. The van der Waals surface area contributed by atoms with Crippen LogP contribution in [-0.2, 0) is 0 Å². The van der Waals surface area contributed by atoms with E-state index < -0.39 is 12.6 Å². The van der Waals surface area contributed by atoms with Crippen molar-refractivity contribution in [1.82, 2.24) is 0 Å². The van der Waals surface area contributed by atoms with E-state index >= 15 is 0 Å². The topological polar surface area (TPSA) is 20.2 Å². The fourth-order valence-electron chi connectivity index (χ4n) is 7.56. The zero-order valence-electron chi connectivity index (χ0n) is 20.1. The van der Waals surface area contributed by atoms with Gasteiger partial charge in [-0.15, -0.1) is 0 Å². The van der Waals surface area contributed by atoms with Crippen molar-refractivity contribution in [3.8, 4) is 0 Å². The SMILES string of the molecule is CC.CC.CC12CCC(O)CC1=CCC1C2CCC2(C)C(CCC(F)(F)F)CCC12. The summed E-state index contributed by atoms with van der Waals surface area (Å²) in [5, 5.41) is 10.1. The molecule has 0 heterocycles. The fourth-order valence-corrected chi connectivity index (χ4v) is 7.56. The van der Waals surface area contributed by atoms with Crippen LogP contribution >= 0.6 is 0 Å². The van der Waals surface area contributed by atoms with Crippen LogP contribution in [0.25, 0.3) is 0 Å². The standard InChI is InChI=1S/C22H33F3O.2C2H6/c1-20-11-9-19-17(5-3-15-13-16(26)8-10-21(15,19)2)18(20)6-4-14(20)7-12-22(23,24)25;2*1-2/h3,14,16-19,26H,4-13H2,1-2H3;2*1-2H3. The first kappa shape index (κ1) is 25.7. The predicted octanol–water partition coefficient (Wildman–Crippen LogP) is 8.32. The van der Waals surface area contributed by atoms with Crippen LogP contribution in [-0.4, -0.2) is 17.4 Å². The lowest BCUT2D eigenvalue weighted by atomic mass is 9.47. The van der Waals surface area contributed by atoms with Gasteiger partial charge in [0.2, 0.25) is 0 Å². The minimum atomic E-state index is -4.02. The van der Waals surface area contributed by atoms with Crippen molar-refractivity contribution in [1.29, 1.82) is 0 Å². The van der Waals surface area contributed by atoms with Crippen LogP contribution in [0.4, 0.5) is 13.2 Å². The molecule has 0 bridgehead atoms. The Labute approximate surface area is 182 Å². The largest absolute Gasteiger partial charge is 0.393 e. The van der Waals surface area contributed by atoms with Crippen molar-refractivity contribution >= 4 is 0 Å². The fraction of sp³-hybridized carbons (Fsp3) is 0.923. The summed E-state index contributed by atoms with van der Waals surface area (Å²) >= 11 is 0. The van der Waals surface area contributed by atoms with Crippen LogP contribution in [0.15, 0.2) is 11.6 Å². The van der Waals surface area contributed by atoms with E-state index in [1.165, 1.54) is 5.57 Å². The molecular formula is C26H45F3O. The third-order valence-corrected chi connectivity index (χ3v) is 9.05. The second-order valence-corrected chi connectivity index (χ2v) is 10.1. The molecule has 0 spiro atoms. The molecule has 3 saturated carbocycles. The maximum atomic E-state index is 12.8. The van der Waals surface area contributed by atoms with E-state index in [9.17, 15) is 18.3 Å². The number of hydrogen-bond donors (Lipinski definition) is 1. The third-order valence-electron chi connectivity index (χ3n) is 9.05. The molecule has 1 N–H and O–H groups in total. The summed E-state index contributed by atoms with van der Waals surface area (Å²) in [6.45, 7) is 12.7. The maximum Gasteiger partial charge on any atom is 0.389 e. The van der Waals surface area contributed by atoms with Gasteiger partial charge in [0, 0.05) is 6.42 Å². The molecule has 0 aromatic heterocycles. The lowest BCUT2D eigenvalue weighted by Crippen LogP contribution is -2.50. The zero-order valence-corrected chi connectivity index (χ0v) is 20.1. The molecule has 176 valence electrons. The van der Waals surface area contributed by atoms with Gasteiger partial charge < -0.3 is 5.11 Å². The van der Waals surface area contributed by atoms with E-state index in [1.807, 2.05) is 27.7 Å². The van der Waals surface area contributed by atoms with E-state index in [0.717, 1.165) is 51.4 Å². The quantitative estimate of drug-likeness (QED) is 0.437. The van der Waals surface area contributed by atoms with Crippen molar-refractivity contribution in [3.05, 3.63) is 11.6 Å². The lowest BCUT2D eigenvalue weighted by Gasteiger charge is -2.58. The molecule has 7 unspecified atom stereocenters. The Morgan fingerprint density at radius 1 is 0.967 bits per heavy atom. The number of aliphatic hydroxyl groups excluding tert-OH is 1. The van der Waals surface area contributed by atoms with E-state index in [-0.39, 0.29) is 22.9 Å². The number of rotatable bonds is 2. The average molecular weight is 431 g/mol. The predicted molar refractivity (Wildman–Crippen MR) is 119 cm³/mol. The smallest absolute Gasteiger partial charge is 0.389 e. The van der Waals surface area contributed by atoms with Gasteiger partial charge in [0.25, 0.3) is 0 Å². The van der Waals surface area contributed by atoms with Gasteiger partial charge in [-0.2, -0.15) is 13.2 Å². The van der Waals surface area contributed by atoms with E-state index in [4.69, 9.17) is 0 Å². The number of alkyl halides is 3. The molecule has 0 aromatic carbocycles. The Balaban J connectivity index is 0.000000757. The normalized spacial score (nSPS) is 42.3. The van der Waals surface area contributed by atoms with Crippen LogP contribution in [0.1, 0.15) is 106 Å². The Kier molecular flexibility index (Phi) is 8.55. The number of fused-ring (bicyclic) bond motifs is 5. The molecule has 0 aromatic rings. The summed E-state index contributed by atoms with van der Waals surface area (Å²) in [4.78, 5) is 0. The molecule has 1 nitrogen and oxygen atoms in total. The van der Waals surface area contributed by atoms with E-state index in [2.05, 4.69) is 19.9 Å². The van der Waals surface area contributed by atoms with Crippen LogP contribution in [0, 0.1) is 34.5 Å². The van der Waals surface area contributed by atoms with Crippen molar-refractivity contribution in [2.24, 2.45) is 34.5 Å². The molecule has 7 atom stereocenters. The van der Waals surface area contributed by atoms with Gasteiger partial charge in [-0.3, -0.25) is 0 Å². The second-order valence-electron chi connectivity index (χ2n) is 10.1. The molecule has 0 amide bonds. The van der Waals surface area contributed by atoms with Crippen molar-refractivity contribution in [2.45, 2.75) is 118 Å². The Morgan fingerprint density at radius 3 is 2.27 bits per heavy atom. The summed E-state index contributed by atoms with van der Waals surface area (Å²) in [5.74, 6) is 2.12. The maximum absolute atomic E-state index is 12.8. The number of aliphatic hydroxyl groups is 1. The molecule has 4 heteroatoms. The molecule has 4 rings (SSSR count). The van der Waals surface area contributed by atoms with E-state index in [0.29, 0.717) is 24.2 Å². The summed E-state index contributed by atoms with van der Waals surface area (Å²) in [6, 6.07) is 0.